The summed E-state index contributed by atoms with van der Waals surface area (Å²) in [6.07, 6.45) is 3.21. The van der Waals surface area contributed by atoms with E-state index in [1.54, 1.807) is 18.2 Å². The summed E-state index contributed by atoms with van der Waals surface area (Å²) in [6, 6.07) is 5.05. The maximum Gasteiger partial charge on any atom is 0.230 e. The van der Waals surface area contributed by atoms with Crippen LogP contribution in [0, 0.1) is 0 Å². The number of carbonyl (C=O) groups is 1. The topological polar surface area (TPSA) is 85.8 Å². The zero-order chi connectivity index (χ0) is 17.5. The van der Waals surface area contributed by atoms with E-state index < -0.39 is 0 Å². The van der Waals surface area contributed by atoms with Gasteiger partial charge in [-0.15, -0.1) is 10.2 Å². The largest absolute Gasteiger partial charge is 0.355 e. The zero-order valence-corrected chi connectivity index (χ0v) is 15.6. The molecule has 0 atom stereocenters. The average molecular weight is 388 g/mol. The van der Waals surface area contributed by atoms with Crippen LogP contribution in [0.25, 0.3) is 11.4 Å². The first-order valence-corrected chi connectivity index (χ1v) is 9.32. The normalized spacial score (nSPS) is 10.8. The molecule has 0 spiro atoms. The number of hydrogen-bond acceptors (Lipinski definition) is 5. The molecule has 0 bridgehead atoms. The summed E-state index contributed by atoms with van der Waals surface area (Å²) < 4.78 is 1.32. The molecule has 0 aliphatic carbocycles. The minimum absolute atomic E-state index is 0.0508. The number of aromatic nitrogens is 3. The average Bonchev–Trinajstić information content (AvgIpc) is 2.90. The minimum Gasteiger partial charge on any atom is -0.355 e. The van der Waals surface area contributed by atoms with Gasteiger partial charge in [0.15, 0.2) is 5.82 Å². The number of halogens is 2. The molecule has 6 nitrogen and oxygen atoms in total. The number of nitrogens with zero attached hydrogens (tertiary/aromatic N) is 3. The van der Waals surface area contributed by atoms with Gasteiger partial charge >= 0.3 is 0 Å². The lowest BCUT2D eigenvalue weighted by Crippen LogP contribution is -2.26. The highest BCUT2D eigenvalue weighted by atomic mass is 35.5. The van der Waals surface area contributed by atoms with Crippen molar-refractivity contribution in [1.82, 2.24) is 20.2 Å². The Kier molecular flexibility index (Phi) is 7.20. The number of benzene rings is 1. The van der Waals surface area contributed by atoms with E-state index in [0.29, 0.717) is 33.1 Å². The van der Waals surface area contributed by atoms with E-state index in [0.717, 1.165) is 19.3 Å². The van der Waals surface area contributed by atoms with E-state index in [2.05, 4.69) is 22.4 Å². The first kappa shape index (κ1) is 18.9. The van der Waals surface area contributed by atoms with Gasteiger partial charge < -0.3 is 11.2 Å². The van der Waals surface area contributed by atoms with Gasteiger partial charge in [-0.25, -0.2) is 4.68 Å². The third-order valence-corrected chi connectivity index (χ3v) is 4.76. The van der Waals surface area contributed by atoms with Crippen molar-refractivity contribution in [3.8, 4) is 11.4 Å². The SMILES string of the molecule is CCCCCNC(=O)CSc1nnc(-c2ccc(Cl)cc2Cl)n1N. The van der Waals surface area contributed by atoms with Gasteiger partial charge in [0, 0.05) is 17.1 Å². The van der Waals surface area contributed by atoms with Crippen molar-refractivity contribution in [2.75, 3.05) is 18.1 Å². The predicted molar refractivity (Wildman–Crippen MR) is 98.9 cm³/mol. The van der Waals surface area contributed by atoms with Crippen molar-refractivity contribution in [3.05, 3.63) is 28.2 Å². The molecule has 0 unspecified atom stereocenters. The van der Waals surface area contributed by atoms with E-state index in [1.807, 2.05) is 0 Å². The van der Waals surface area contributed by atoms with Crippen molar-refractivity contribution >= 4 is 40.9 Å². The molecule has 0 saturated carbocycles. The van der Waals surface area contributed by atoms with Gasteiger partial charge in [0.1, 0.15) is 0 Å². The third-order valence-electron chi connectivity index (χ3n) is 3.27. The molecule has 1 aromatic heterocycles. The Balaban J connectivity index is 1.96. The Morgan fingerprint density at radius 1 is 1.33 bits per heavy atom. The second kappa shape index (κ2) is 9.15. The molecule has 1 aromatic carbocycles. The fourth-order valence-corrected chi connectivity index (χ4v) is 3.19. The minimum atomic E-state index is -0.0508. The number of thioether (sulfide) groups is 1. The molecule has 0 radical (unpaired) electrons. The first-order chi connectivity index (χ1) is 11.5. The molecule has 1 heterocycles. The Hall–Kier alpha value is -1.44. The third kappa shape index (κ3) is 5.03. The molecule has 9 heteroatoms. The number of rotatable bonds is 8. The fourth-order valence-electron chi connectivity index (χ4n) is 2.01. The monoisotopic (exact) mass is 387 g/mol. The summed E-state index contributed by atoms with van der Waals surface area (Å²) in [6.45, 7) is 2.81. The van der Waals surface area contributed by atoms with Crippen molar-refractivity contribution < 1.29 is 4.79 Å². The summed E-state index contributed by atoms with van der Waals surface area (Å²) in [5.41, 5.74) is 0.631. The van der Waals surface area contributed by atoms with Crippen molar-refractivity contribution in [3.63, 3.8) is 0 Å². The Labute approximate surface area is 155 Å². The molecule has 24 heavy (non-hydrogen) atoms. The van der Waals surface area contributed by atoms with Crippen molar-refractivity contribution in [1.29, 1.82) is 0 Å². The number of nitrogens with one attached hydrogen (secondary N) is 1. The highest BCUT2D eigenvalue weighted by molar-refractivity contribution is 7.99. The van der Waals surface area contributed by atoms with Crippen LogP contribution in [0.3, 0.4) is 0 Å². The number of carbonyl (C=O) groups excluding carboxylic acids is 1. The quantitative estimate of drug-likeness (QED) is 0.411. The smallest absolute Gasteiger partial charge is 0.230 e. The van der Waals surface area contributed by atoms with Crippen LogP contribution < -0.4 is 11.2 Å². The number of hydrogen-bond donors (Lipinski definition) is 2. The van der Waals surface area contributed by atoms with Crippen LogP contribution in [0.2, 0.25) is 10.0 Å². The van der Waals surface area contributed by atoms with E-state index in [-0.39, 0.29) is 11.7 Å². The number of amides is 1. The molecule has 130 valence electrons. The number of nitrogen functional groups attached to an aromatic ring is 1. The fraction of sp³-hybridized carbons (Fsp3) is 0.400. The zero-order valence-electron chi connectivity index (χ0n) is 13.3. The maximum absolute atomic E-state index is 11.8. The van der Waals surface area contributed by atoms with E-state index >= 15 is 0 Å². The van der Waals surface area contributed by atoms with Gasteiger partial charge in [-0.2, -0.15) is 0 Å². The Morgan fingerprint density at radius 2 is 2.12 bits per heavy atom. The molecular formula is C15H19Cl2N5OS. The van der Waals surface area contributed by atoms with Gasteiger partial charge in [-0.05, 0) is 24.6 Å². The number of unbranched alkanes of at least 4 members (excludes halogenated alkanes) is 2. The van der Waals surface area contributed by atoms with Gasteiger partial charge in [0.25, 0.3) is 0 Å². The lowest BCUT2D eigenvalue weighted by Gasteiger charge is -2.06. The second-order valence-corrected chi connectivity index (χ2v) is 6.93. The molecule has 1 amide bonds. The Morgan fingerprint density at radius 3 is 2.83 bits per heavy atom. The molecular weight excluding hydrogens is 369 g/mol. The molecule has 0 saturated heterocycles. The van der Waals surface area contributed by atoms with Gasteiger partial charge in [-0.1, -0.05) is 54.7 Å². The Bertz CT molecular complexity index is 707. The van der Waals surface area contributed by atoms with Crippen LogP contribution in [0.4, 0.5) is 0 Å². The molecule has 0 fully saturated rings. The first-order valence-electron chi connectivity index (χ1n) is 7.58. The second-order valence-electron chi connectivity index (χ2n) is 5.15. The number of nitrogens with two attached hydrogens (primary N) is 1. The van der Waals surface area contributed by atoms with Gasteiger partial charge in [-0.3, -0.25) is 4.79 Å². The molecule has 2 rings (SSSR count). The highest BCUT2D eigenvalue weighted by Gasteiger charge is 2.16. The summed E-state index contributed by atoms with van der Waals surface area (Å²) in [5, 5.41) is 12.3. The molecule has 3 N–H and O–H groups in total. The summed E-state index contributed by atoms with van der Waals surface area (Å²) in [5.74, 6) is 6.62. The van der Waals surface area contributed by atoms with E-state index in [1.165, 1.54) is 16.4 Å². The summed E-state index contributed by atoms with van der Waals surface area (Å²) in [7, 11) is 0. The maximum atomic E-state index is 11.8. The summed E-state index contributed by atoms with van der Waals surface area (Å²) in [4.78, 5) is 11.8. The summed E-state index contributed by atoms with van der Waals surface area (Å²) >= 11 is 13.3. The van der Waals surface area contributed by atoms with Crippen LogP contribution in [0.5, 0.6) is 0 Å². The van der Waals surface area contributed by atoms with Crippen LogP contribution in [0.1, 0.15) is 26.2 Å². The van der Waals surface area contributed by atoms with Crippen molar-refractivity contribution in [2.45, 2.75) is 31.3 Å². The standard InChI is InChI=1S/C15H19Cl2N5OS/c1-2-3-4-7-19-13(23)9-24-15-21-20-14(22(15)18)11-6-5-10(16)8-12(11)17/h5-6,8H,2-4,7,9,18H2,1H3,(H,19,23). The molecule has 0 aliphatic rings. The highest BCUT2D eigenvalue weighted by Crippen LogP contribution is 2.30. The molecule has 2 aromatic rings. The predicted octanol–water partition coefficient (Wildman–Crippen LogP) is 3.36. The molecule has 0 aliphatic heterocycles. The van der Waals surface area contributed by atoms with Crippen LogP contribution in [-0.2, 0) is 4.79 Å². The van der Waals surface area contributed by atoms with Crippen LogP contribution >= 0.6 is 35.0 Å². The van der Waals surface area contributed by atoms with Crippen LogP contribution in [-0.4, -0.2) is 33.1 Å². The van der Waals surface area contributed by atoms with Gasteiger partial charge in [0.05, 0.1) is 10.8 Å². The van der Waals surface area contributed by atoms with E-state index in [4.69, 9.17) is 29.0 Å². The van der Waals surface area contributed by atoms with Gasteiger partial charge in [0.2, 0.25) is 11.1 Å². The lowest BCUT2D eigenvalue weighted by molar-refractivity contribution is -0.118. The lowest BCUT2D eigenvalue weighted by atomic mass is 10.2. The van der Waals surface area contributed by atoms with E-state index in [9.17, 15) is 4.79 Å². The van der Waals surface area contributed by atoms with Crippen molar-refractivity contribution in [2.24, 2.45) is 0 Å². The van der Waals surface area contributed by atoms with Crippen LogP contribution in [0.15, 0.2) is 23.4 Å².